The summed E-state index contributed by atoms with van der Waals surface area (Å²) in [7, 11) is 1.98. The monoisotopic (exact) mass is 431 g/mol. The molecule has 0 heterocycles. The third-order valence-corrected chi connectivity index (χ3v) is 4.59. The Balaban J connectivity index is 2.04. The maximum Gasteiger partial charge on any atom is 0.193 e. The minimum Gasteiger partial charge on any atom is -0.486 e. The fourth-order valence-corrected chi connectivity index (χ4v) is 2.79. The molecule has 0 aliphatic heterocycles. The first-order valence-electron chi connectivity index (χ1n) is 8.60. The van der Waals surface area contributed by atoms with E-state index >= 15 is 0 Å². The molecule has 0 saturated heterocycles. The molecule has 3 nitrogen and oxygen atoms in total. The Hall–Kier alpha value is -2.24. The van der Waals surface area contributed by atoms with Crippen LogP contribution in [0, 0.1) is 12.7 Å². The van der Waals surface area contributed by atoms with E-state index in [0.717, 1.165) is 17.6 Å². The minimum absolute atomic E-state index is 0.143. The summed E-state index contributed by atoms with van der Waals surface area (Å²) >= 11 is 3.34. The number of nitrogens with zero attached hydrogens (tertiary/aromatic N) is 1. The summed E-state index contributed by atoms with van der Waals surface area (Å²) in [5, 5.41) is 0. The van der Waals surface area contributed by atoms with Gasteiger partial charge < -0.3 is 4.74 Å². The maximum absolute atomic E-state index is 14.6. The molecule has 0 aromatic heterocycles. The van der Waals surface area contributed by atoms with Crippen LogP contribution in [-0.4, -0.2) is 37.4 Å². The molecule has 0 unspecified atom stereocenters. The summed E-state index contributed by atoms with van der Waals surface area (Å²) in [6.07, 6.45) is 5.63. The molecule has 0 bridgehead atoms. The molecule has 0 N–H and O–H groups in total. The van der Waals surface area contributed by atoms with E-state index in [0.29, 0.717) is 11.1 Å². The summed E-state index contributed by atoms with van der Waals surface area (Å²) < 4.78 is 21.0. The Kier molecular flexibility index (Phi) is 7.95. The quantitative estimate of drug-likeness (QED) is 0.404. The summed E-state index contributed by atoms with van der Waals surface area (Å²) in [4.78, 5) is 14.7. The first-order chi connectivity index (χ1) is 12.9. The van der Waals surface area contributed by atoms with Crippen molar-refractivity contribution in [1.82, 2.24) is 4.90 Å². The van der Waals surface area contributed by atoms with Gasteiger partial charge in [0.25, 0.3) is 0 Å². The van der Waals surface area contributed by atoms with Crippen LogP contribution in [0.2, 0.25) is 0 Å². The molecular weight excluding hydrogens is 409 g/mol. The highest BCUT2D eigenvalue weighted by Crippen LogP contribution is 2.25. The maximum atomic E-state index is 14.6. The van der Waals surface area contributed by atoms with Crippen LogP contribution in [-0.2, 0) is 0 Å². The standard InChI is InChI=1S/C22H23BrFNO2/c1-4-13-25(3)14-5-6-15-27-20-12-11-19(16(2)21(20)24)22(26)17-7-9-18(23)10-8-17/h4-12H,1,13-15H2,2-3H3/b6-5+. The summed E-state index contributed by atoms with van der Waals surface area (Å²) in [5.74, 6) is -0.574. The van der Waals surface area contributed by atoms with Crippen molar-refractivity contribution >= 4 is 21.7 Å². The van der Waals surface area contributed by atoms with E-state index in [1.54, 1.807) is 37.3 Å². The average molecular weight is 432 g/mol. The van der Waals surface area contributed by atoms with Crippen LogP contribution in [0.4, 0.5) is 4.39 Å². The van der Waals surface area contributed by atoms with Gasteiger partial charge in [0, 0.05) is 28.7 Å². The van der Waals surface area contributed by atoms with Crippen LogP contribution in [0.5, 0.6) is 5.75 Å². The molecule has 2 rings (SSSR count). The Labute approximate surface area is 168 Å². The Bertz CT molecular complexity index is 831. The van der Waals surface area contributed by atoms with E-state index in [1.165, 1.54) is 6.07 Å². The van der Waals surface area contributed by atoms with Gasteiger partial charge >= 0.3 is 0 Å². The van der Waals surface area contributed by atoms with Gasteiger partial charge in [-0.3, -0.25) is 9.69 Å². The first-order valence-corrected chi connectivity index (χ1v) is 9.40. The van der Waals surface area contributed by atoms with Crippen LogP contribution in [0.15, 0.2) is 65.7 Å². The van der Waals surface area contributed by atoms with Gasteiger partial charge in [-0.15, -0.1) is 6.58 Å². The number of carbonyl (C=O) groups excluding carboxylic acids is 1. The van der Waals surface area contributed by atoms with Gasteiger partial charge in [-0.1, -0.05) is 34.2 Å². The van der Waals surface area contributed by atoms with Gasteiger partial charge in [0.1, 0.15) is 6.61 Å². The average Bonchev–Trinajstić information content (AvgIpc) is 2.65. The van der Waals surface area contributed by atoms with Gasteiger partial charge in [-0.05, 0) is 55.9 Å². The van der Waals surface area contributed by atoms with Crippen LogP contribution in [0.25, 0.3) is 0 Å². The lowest BCUT2D eigenvalue weighted by Crippen LogP contribution is -2.17. The van der Waals surface area contributed by atoms with Crippen molar-refractivity contribution < 1.29 is 13.9 Å². The number of ether oxygens (including phenoxy) is 1. The molecule has 5 heteroatoms. The number of benzene rings is 2. The smallest absolute Gasteiger partial charge is 0.193 e. The van der Waals surface area contributed by atoms with E-state index in [1.807, 2.05) is 25.3 Å². The van der Waals surface area contributed by atoms with E-state index in [2.05, 4.69) is 27.4 Å². The predicted molar refractivity (Wildman–Crippen MR) is 111 cm³/mol. The van der Waals surface area contributed by atoms with E-state index in [9.17, 15) is 9.18 Å². The molecular formula is C22H23BrFNO2. The first kappa shape index (κ1) is 21.1. The second-order valence-electron chi connectivity index (χ2n) is 6.18. The number of rotatable bonds is 9. The second kappa shape index (κ2) is 10.2. The van der Waals surface area contributed by atoms with Gasteiger partial charge in [0.15, 0.2) is 17.3 Å². The SMILES string of the molecule is C=CCN(C)C/C=C/COc1ccc(C(=O)c2ccc(Br)cc2)c(C)c1F. The van der Waals surface area contributed by atoms with Gasteiger partial charge in [0.05, 0.1) is 0 Å². The molecule has 2 aromatic carbocycles. The van der Waals surface area contributed by atoms with Crippen molar-refractivity contribution in [2.75, 3.05) is 26.7 Å². The van der Waals surface area contributed by atoms with E-state index in [4.69, 9.17) is 4.74 Å². The number of likely N-dealkylation sites (N-methyl/N-ethyl adjacent to an activating group) is 1. The Morgan fingerprint density at radius 2 is 1.89 bits per heavy atom. The third kappa shape index (κ3) is 5.88. The van der Waals surface area contributed by atoms with Crippen molar-refractivity contribution in [3.8, 4) is 5.75 Å². The largest absolute Gasteiger partial charge is 0.486 e. The Morgan fingerprint density at radius 1 is 1.19 bits per heavy atom. The minimum atomic E-state index is -0.505. The molecule has 0 aliphatic rings. The topological polar surface area (TPSA) is 29.5 Å². The molecule has 0 spiro atoms. The molecule has 0 atom stereocenters. The van der Waals surface area contributed by atoms with E-state index < -0.39 is 5.82 Å². The van der Waals surface area contributed by atoms with Crippen molar-refractivity contribution in [2.45, 2.75) is 6.92 Å². The van der Waals surface area contributed by atoms with Gasteiger partial charge in [-0.25, -0.2) is 4.39 Å². The highest BCUT2D eigenvalue weighted by atomic mass is 79.9. The number of halogens is 2. The van der Waals surface area contributed by atoms with Crippen LogP contribution >= 0.6 is 15.9 Å². The molecule has 0 aliphatic carbocycles. The molecule has 0 fully saturated rings. The number of hydrogen-bond acceptors (Lipinski definition) is 3. The lowest BCUT2D eigenvalue weighted by Gasteiger charge is -2.12. The van der Waals surface area contributed by atoms with Gasteiger partial charge in [0.2, 0.25) is 0 Å². The lowest BCUT2D eigenvalue weighted by atomic mass is 9.98. The van der Waals surface area contributed by atoms with Crippen molar-refractivity contribution in [1.29, 1.82) is 0 Å². The summed E-state index contributed by atoms with van der Waals surface area (Å²) in [5.41, 5.74) is 1.14. The van der Waals surface area contributed by atoms with Crippen LogP contribution in [0.1, 0.15) is 21.5 Å². The molecule has 2 aromatic rings. The highest BCUT2D eigenvalue weighted by molar-refractivity contribution is 9.10. The zero-order valence-electron chi connectivity index (χ0n) is 15.5. The second-order valence-corrected chi connectivity index (χ2v) is 7.09. The number of carbonyl (C=O) groups is 1. The van der Waals surface area contributed by atoms with Gasteiger partial charge in [-0.2, -0.15) is 0 Å². The number of ketones is 1. The zero-order valence-corrected chi connectivity index (χ0v) is 17.1. The Morgan fingerprint density at radius 3 is 2.56 bits per heavy atom. The predicted octanol–water partition coefficient (Wildman–Crippen LogP) is 5.18. The van der Waals surface area contributed by atoms with Crippen LogP contribution in [0.3, 0.4) is 0 Å². The molecule has 0 amide bonds. The highest BCUT2D eigenvalue weighted by Gasteiger charge is 2.17. The van der Waals surface area contributed by atoms with Crippen molar-refractivity contribution in [3.05, 3.63) is 88.2 Å². The molecule has 0 radical (unpaired) electrons. The number of hydrogen-bond donors (Lipinski definition) is 0. The molecule has 0 saturated carbocycles. The van der Waals surface area contributed by atoms with Crippen molar-refractivity contribution in [2.24, 2.45) is 0 Å². The fourth-order valence-electron chi connectivity index (χ4n) is 2.53. The normalized spacial score (nSPS) is 11.1. The third-order valence-electron chi connectivity index (χ3n) is 4.06. The summed E-state index contributed by atoms with van der Waals surface area (Å²) in [6.45, 7) is 7.10. The molecule has 27 heavy (non-hydrogen) atoms. The lowest BCUT2D eigenvalue weighted by molar-refractivity contribution is 0.103. The van der Waals surface area contributed by atoms with Crippen molar-refractivity contribution in [3.63, 3.8) is 0 Å². The van der Waals surface area contributed by atoms with Crippen LogP contribution < -0.4 is 4.74 Å². The zero-order chi connectivity index (χ0) is 19.8. The summed E-state index contributed by atoms with van der Waals surface area (Å²) in [6, 6.07) is 10.1. The molecule has 142 valence electrons. The van der Waals surface area contributed by atoms with E-state index in [-0.39, 0.29) is 23.7 Å². The fraction of sp³-hybridized carbons (Fsp3) is 0.227.